The number of rotatable bonds is 4. The average molecular weight is 324 g/mol. The summed E-state index contributed by atoms with van der Waals surface area (Å²) >= 11 is 0. The molecule has 1 saturated carbocycles. The normalized spacial score (nSPS) is 22.8. The van der Waals surface area contributed by atoms with Gasteiger partial charge >= 0.3 is 0 Å². The van der Waals surface area contributed by atoms with E-state index in [-0.39, 0.29) is 5.41 Å². The van der Waals surface area contributed by atoms with Crippen LogP contribution in [0.5, 0.6) is 0 Å². The quantitative estimate of drug-likeness (QED) is 0.723. The molecule has 3 nitrogen and oxygen atoms in total. The van der Waals surface area contributed by atoms with E-state index in [0.29, 0.717) is 12.5 Å². The third-order valence-electron chi connectivity index (χ3n) is 4.76. The van der Waals surface area contributed by atoms with E-state index in [4.69, 9.17) is 9.68 Å². The molecule has 1 aromatic carbocycles. The molecule has 1 heterocycles. The maximum Gasteiger partial charge on any atom is 0.133 e. The second-order valence-electron chi connectivity index (χ2n) is 6.62. The van der Waals surface area contributed by atoms with E-state index in [1.165, 1.54) is 0 Å². The average Bonchev–Trinajstić information content (AvgIpc) is 3.14. The van der Waals surface area contributed by atoms with Gasteiger partial charge in [-0.25, -0.2) is 0 Å². The van der Waals surface area contributed by atoms with Crippen LogP contribution >= 0.6 is 0 Å². The third kappa shape index (κ3) is 4.64. The standard InChI is InChI=1S/C19H22N2O.C2H6/c1-19(12-13-20)10-8-17(9-11-19)21-16-6-4-15(5-7-16)18-3-2-14-22-18;1-2/h2-7,14,17,21H,8-12H2,1H3;1-2H3. The number of benzene rings is 1. The Morgan fingerprint density at radius 1 is 1.17 bits per heavy atom. The van der Waals surface area contributed by atoms with Crippen molar-refractivity contribution in [2.24, 2.45) is 5.41 Å². The van der Waals surface area contributed by atoms with Crippen molar-refractivity contribution in [2.45, 2.75) is 58.9 Å². The second kappa shape index (κ2) is 8.59. The summed E-state index contributed by atoms with van der Waals surface area (Å²) in [6.45, 7) is 6.24. The molecule has 128 valence electrons. The van der Waals surface area contributed by atoms with E-state index < -0.39 is 0 Å². The van der Waals surface area contributed by atoms with E-state index in [0.717, 1.165) is 42.7 Å². The number of nitrogens with one attached hydrogen (secondary N) is 1. The highest BCUT2D eigenvalue weighted by Gasteiger charge is 2.30. The zero-order valence-electron chi connectivity index (χ0n) is 15.0. The van der Waals surface area contributed by atoms with Crippen LogP contribution in [0.4, 0.5) is 5.69 Å². The Balaban J connectivity index is 0.00000100. The van der Waals surface area contributed by atoms with Gasteiger partial charge in [-0.3, -0.25) is 0 Å². The van der Waals surface area contributed by atoms with E-state index in [1.54, 1.807) is 6.26 Å². The minimum absolute atomic E-state index is 0.218. The highest BCUT2D eigenvalue weighted by Crippen LogP contribution is 2.39. The fourth-order valence-electron chi connectivity index (χ4n) is 3.24. The van der Waals surface area contributed by atoms with Crippen LogP contribution in [-0.2, 0) is 0 Å². The number of hydrogen-bond donors (Lipinski definition) is 1. The summed E-state index contributed by atoms with van der Waals surface area (Å²) in [6, 6.07) is 15.1. The summed E-state index contributed by atoms with van der Waals surface area (Å²) in [7, 11) is 0. The fraction of sp³-hybridized carbons (Fsp3) is 0.476. The number of nitriles is 1. The van der Waals surface area contributed by atoms with Crippen LogP contribution in [-0.4, -0.2) is 6.04 Å². The van der Waals surface area contributed by atoms with Crippen LogP contribution in [0.3, 0.4) is 0 Å². The van der Waals surface area contributed by atoms with Crippen LogP contribution in [0.25, 0.3) is 11.3 Å². The largest absolute Gasteiger partial charge is 0.464 e. The van der Waals surface area contributed by atoms with E-state index >= 15 is 0 Å². The smallest absolute Gasteiger partial charge is 0.133 e. The van der Waals surface area contributed by atoms with Crippen LogP contribution in [0.2, 0.25) is 0 Å². The lowest BCUT2D eigenvalue weighted by atomic mass is 9.72. The van der Waals surface area contributed by atoms with Crippen molar-refractivity contribution in [2.75, 3.05) is 5.32 Å². The van der Waals surface area contributed by atoms with Crippen molar-refractivity contribution >= 4 is 5.69 Å². The monoisotopic (exact) mass is 324 g/mol. The molecule has 1 aliphatic rings. The second-order valence-corrected chi connectivity index (χ2v) is 6.62. The molecular weight excluding hydrogens is 296 g/mol. The third-order valence-corrected chi connectivity index (χ3v) is 4.76. The van der Waals surface area contributed by atoms with Gasteiger partial charge in [-0.2, -0.15) is 5.26 Å². The summed E-state index contributed by atoms with van der Waals surface area (Å²) in [5.74, 6) is 0.900. The summed E-state index contributed by atoms with van der Waals surface area (Å²) < 4.78 is 5.41. The Kier molecular flexibility index (Phi) is 6.49. The maximum atomic E-state index is 8.92. The van der Waals surface area contributed by atoms with Gasteiger partial charge < -0.3 is 9.73 Å². The minimum Gasteiger partial charge on any atom is -0.464 e. The molecule has 2 aromatic rings. The van der Waals surface area contributed by atoms with E-state index in [1.807, 2.05) is 26.0 Å². The Morgan fingerprint density at radius 2 is 1.83 bits per heavy atom. The SMILES string of the molecule is CC.CC1(CC#N)CCC(Nc2ccc(-c3ccco3)cc2)CC1. The fourth-order valence-corrected chi connectivity index (χ4v) is 3.24. The molecule has 0 amide bonds. The maximum absolute atomic E-state index is 8.92. The number of hydrogen-bond acceptors (Lipinski definition) is 3. The molecule has 0 unspecified atom stereocenters. The highest BCUT2D eigenvalue weighted by molar-refractivity contribution is 5.61. The molecule has 0 aliphatic heterocycles. The van der Waals surface area contributed by atoms with Gasteiger partial charge in [0.2, 0.25) is 0 Å². The summed E-state index contributed by atoms with van der Waals surface area (Å²) in [5.41, 5.74) is 2.47. The van der Waals surface area contributed by atoms with Crippen LogP contribution in [0, 0.1) is 16.7 Å². The molecule has 0 spiro atoms. The first-order valence-corrected chi connectivity index (χ1v) is 8.96. The Morgan fingerprint density at radius 3 is 2.38 bits per heavy atom. The zero-order chi connectivity index (χ0) is 17.4. The lowest BCUT2D eigenvalue weighted by Crippen LogP contribution is -2.31. The first kappa shape index (κ1) is 18.1. The van der Waals surface area contributed by atoms with Gasteiger partial charge in [-0.1, -0.05) is 20.8 Å². The Hall–Kier alpha value is -2.21. The van der Waals surface area contributed by atoms with Gasteiger partial charge in [0.1, 0.15) is 5.76 Å². The molecule has 1 N–H and O–H groups in total. The molecule has 3 rings (SSSR count). The number of nitrogens with zero attached hydrogens (tertiary/aromatic N) is 1. The van der Waals surface area contributed by atoms with Crippen LogP contribution in [0.15, 0.2) is 47.1 Å². The van der Waals surface area contributed by atoms with Crippen LogP contribution < -0.4 is 5.32 Å². The van der Waals surface area contributed by atoms with Crippen molar-refractivity contribution in [3.8, 4) is 17.4 Å². The van der Waals surface area contributed by atoms with Gasteiger partial charge in [0.25, 0.3) is 0 Å². The van der Waals surface area contributed by atoms with Crippen molar-refractivity contribution in [3.63, 3.8) is 0 Å². The number of furan rings is 1. The van der Waals surface area contributed by atoms with E-state index in [2.05, 4.69) is 42.6 Å². The predicted octanol–water partition coefficient (Wildman–Crippen LogP) is 6.25. The van der Waals surface area contributed by atoms with Gasteiger partial charge in [0, 0.05) is 23.7 Å². The summed E-state index contributed by atoms with van der Waals surface area (Å²) in [6.07, 6.45) is 6.90. The Bertz CT molecular complexity index is 629. The molecule has 0 bridgehead atoms. The molecule has 24 heavy (non-hydrogen) atoms. The lowest BCUT2D eigenvalue weighted by Gasteiger charge is -2.36. The molecule has 3 heteroatoms. The van der Waals surface area contributed by atoms with Gasteiger partial charge in [0.15, 0.2) is 0 Å². The molecule has 1 aromatic heterocycles. The van der Waals surface area contributed by atoms with E-state index in [9.17, 15) is 0 Å². The highest BCUT2D eigenvalue weighted by atomic mass is 16.3. The van der Waals surface area contributed by atoms with Gasteiger partial charge in [0.05, 0.1) is 12.3 Å². The Labute approximate surface area is 145 Å². The van der Waals surface area contributed by atoms with Crippen molar-refractivity contribution < 1.29 is 4.42 Å². The zero-order valence-corrected chi connectivity index (χ0v) is 15.0. The summed E-state index contributed by atoms with van der Waals surface area (Å²) in [4.78, 5) is 0. The van der Waals surface area contributed by atoms with Gasteiger partial charge in [-0.05, 0) is 67.5 Å². The van der Waals surface area contributed by atoms with Crippen molar-refractivity contribution in [3.05, 3.63) is 42.7 Å². The lowest BCUT2D eigenvalue weighted by molar-refractivity contribution is 0.211. The molecular formula is C21H28N2O. The van der Waals surface area contributed by atoms with Gasteiger partial charge in [-0.15, -0.1) is 0 Å². The predicted molar refractivity (Wildman–Crippen MR) is 99.7 cm³/mol. The number of anilines is 1. The van der Waals surface area contributed by atoms with Crippen LogP contribution in [0.1, 0.15) is 52.9 Å². The first-order chi connectivity index (χ1) is 11.7. The van der Waals surface area contributed by atoms with Crippen molar-refractivity contribution in [1.29, 1.82) is 5.26 Å². The molecule has 1 aliphatic carbocycles. The molecule has 1 fully saturated rings. The van der Waals surface area contributed by atoms with Crippen molar-refractivity contribution in [1.82, 2.24) is 0 Å². The molecule has 0 atom stereocenters. The molecule has 0 radical (unpaired) electrons. The topological polar surface area (TPSA) is 49.0 Å². The minimum atomic E-state index is 0.218. The first-order valence-electron chi connectivity index (χ1n) is 8.96. The molecule has 0 saturated heterocycles. The summed E-state index contributed by atoms with van der Waals surface area (Å²) in [5, 5.41) is 12.5.